The van der Waals surface area contributed by atoms with Crippen molar-refractivity contribution in [2.24, 2.45) is 17.3 Å². The van der Waals surface area contributed by atoms with E-state index >= 15 is 0 Å². The van der Waals surface area contributed by atoms with Crippen LogP contribution in [0.15, 0.2) is 11.6 Å². The highest BCUT2D eigenvalue weighted by Gasteiger charge is 2.61. The van der Waals surface area contributed by atoms with Gasteiger partial charge in [-0.25, -0.2) is 0 Å². The summed E-state index contributed by atoms with van der Waals surface area (Å²) in [6.45, 7) is 8.44. The highest BCUT2D eigenvalue weighted by molar-refractivity contribution is 5.78. The van der Waals surface area contributed by atoms with E-state index in [0.717, 1.165) is 19.3 Å². The second-order valence-electron chi connectivity index (χ2n) is 6.75. The second kappa shape index (κ2) is 5.28. The van der Waals surface area contributed by atoms with Crippen molar-refractivity contribution in [3.05, 3.63) is 11.6 Å². The molecule has 2 aliphatic carbocycles. The van der Waals surface area contributed by atoms with Gasteiger partial charge in [0, 0.05) is 7.11 Å². The predicted octanol–water partition coefficient (Wildman–Crippen LogP) is 3.34. The van der Waals surface area contributed by atoms with Crippen LogP contribution in [0.25, 0.3) is 0 Å². The number of hydrogen-bond donors (Lipinski definition) is 0. The quantitative estimate of drug-likeness (QED) is 0.578. The summed E-state index contributed by atoms with van der Waals surface area (Å²) in [6.07, 6.45) is 5.27. The first-order chi connectivity index (χ1) is 8.87. The Morgan fingerprint density at radius 3 is 2.42 bits per heavy atom. The first kappa shape index (κ1) is 14.6. The van der Waals surface area contributed by atoms with Gasteiger partial charge in [-0.1, -0.05) is 25.5 Å². The van der Waals surface area contributed by atoms with E-state index in [9.17, 15) is 4.79 Å². The van der Waals surface area contributed by atoms with Crippen LogP contribution in [0, 0.1) is 17.3 Å². The third-order valence-corrected chi connectivity index (χ3v) is 4.64. The average molecular weight is 266 g/mol. The third-order valence-electron chi connectivity index (χ3n) is 4.64. The summed E-state index contributed by atoms with van der Waals surface area (Å²) in [5, 5.41) is 0. The van der Waals surface area contributed by atoms with E-state index in [1.807, 2.05) is 0 Å². The van der Waals surface area contributed by atoms with Gasteiger partial charge in [0.1, 0.15) is 6.10 Å². The summed E-state index contributed by atoms with van der Waals surface area (Å²) in [6, 6.07) is 0. The Kier molecular flexibility index (Phi) is 4.05. The molecule has 4 unspecified atom stereocenters. The van der Waals surface area contributed by atoms with Gasteiger partial charge >= 0.3 is 5.97 Å². The van der Waals surface area contributed by atoms with Crippen LogP contribution in [-0.4, -0.2) is 25.3 Å². The number of carbonyl (C=O) groups excluding carboxylic acids is 1. The molecule has 0 amide bonds. The minimum atomic E-state index is -0.0405. The first-order valence-corrected chi connectivity index (χ1v) is 7.26. The fourth-order valence-corrected chi connectivity index (χ4v) is 3.32. The smallest absolute Gasteiger partial charge is 0.310 e. The molecule has 2 aliphatic rings. The fraction of sp³-hybridized carbons (Fsp3) is 0.812. The Bertz CT molecular complexity index is 379. The Hall–Kier alpha value is -0.830. The molecule has 2 fully saturated rings. The summed E-state index contributed by atoms with van der Waals surface area (Å²) >= 11 is 0. The largest absolute Gasteiger partial charge is 0.459 e. The molecular weight excluding hydrogens is 240 g/mol. The first-order valence-electron chi connectivity index (χ1n) is 7.26. The topological polar surface area (TPSA) is 35.5 Å². The number of rotatable bonds is 4. The van der Waals surface area contributed by atoms with Gasteiger partial charge in [0.15, 0.2) is 0 Å². The molecular formula is C16H26O3. The van der Waals surface area contributed by atoms with Gasteiger partial charge in [0.25, 0.3) is 0 Å². The normalized spacial score (nSPS) is 35.8. The summed E-state index contributed by atoms with van der Waals surface area (Å²) in [7, 11) is 1.70. The zero-order valence-electron chi connectivity index (χ0n) is 12.7. The third kappa shape index (κ3) is 2.86. The lowest BCUT2D eigenvalue weighted by Crippen LogP contribution is -2.29. The number of hydrogen-bond acceptors (Lipinski definition) is 3. The van der Waals surface area contributed by atoms with E-state index in [1.165, 1.54) is 5.57 Å². The van der Waals surface area contributed by atoms with Crippen molar-refractivity contribution in [2.75, 3.05) is 7.11 Å². The SMILES string of the molecule is COC1CCCC1OC(=O)C1C(C=C(C)C)C1(C)C. The highest BCUT2D eigenvalue weighted by atomic mass is 16.6. The van der Waals surface area contributed by atoms with Crippen molar-refractivity contribution in [1.29, 1.82) is 0 Å². The van der Waals surface area contributed by atoms with E-state index in [4.69, 9.17) is 9.47 Å². The van der Waals surface area contributed by atoms with Crippen LogP contribution >= 0.6 is 0 Å². The van der Waals surface area contributed by atoms with E-state index < -0.39 is 0 Å². The fourth-order valence-electron chi connectivity index (χ4n) is 3.32. The van der Waals surface area contributed by atoms with E-state index in [2.05, 4.69) is 33.8 Å². The molecule has 0 heterocycles. The van der Waals surface area contributed by atoms with Gasteiger partial charge in [0.05, 0.1) is 12.0 Å². The lowest BCUT2D eigenvalue weighted by Gasteiger charge is -2.19. The molecule has 0 aromatic carbocycles. The zero-order chi connectivity index (χ0) is 14.2. The van der Waals surface area contributed by atoms with Crippen LogP contribution in [0.3, 0.4) is 0 Å². The number of carbonyl (C=O) groups is 1. The van der Waals surface area contributed by atoms with Crippen LogP contribution in [-0.2, 0) is 14.3 Å². The standard InChI is InChI=1S/C16H26O3/c1-10(2)9-11-14(16(11,3)4)15(17)19-13-8-6-7-12(13)18-5/h9,11-14H,6-8H2,1-5H3. The Morgan fingerprint density at radius 1 is 1.21 bits per heavy atom. The predicted molar refractivity (Wildman–Crippen MR) is 74.7 cm³/mol. The Labute approximate surface area is 116 Å². The van der Waals surface area contributed by atoms with E-state index in [1.54, 1.807) is 7.11 Å². The van der Waals surface area contributed by atoms with E-state index in [-0.39, 0.29) is 29.5 Å². The maximum atomic E-state index is 12.3. The molecule has 2 saturated carbocycles. The maximum absolute atomic E-state index is 12.3. The van der Waals surface area contributed by atoms with Gasteiger partial charge in [-0.15, -0.1) is 0 Å². The Balaban J connectivity index is 1.96. The molecule has 0 spiro atoms. The van der Waals surface area contributed by atoms with Crippen LogP contribution in [0.4, 0.5) is 0 Å². The van der Waals surface area contributed by atoms with Crippen LogP contribution in [0.1, 0.15) is 47.0 Å². The van der Waals surface area contributed by atoms with E-state index in [0.29, 0.717) is 5.92 Å². The molecule has 0 aromatic heterocycles. The molecule has 0 radical (unpaired) electrons. The van der Waals surface area contributed by atoms with Crippen molar-refractivity contribution < 1.29 is 14.3 Å². The van der Waals surface area contributed by atoms with Crippen molar-refractivity contribution in [1.82, 2.24) is 0 Å². The lowest BCUT2D eigenvalue weighted by molar-refractivity contribution is -0.156. The molecule has 0 saturated heterocycles. The van der Waals surface area contributed by atoms with Gasteiger partial charge in [0.2, 0.25) is 0 Å². The van der Waals surface area contributed by atoms with Crippen LogP contribution < -0.4 is 0 Å². The van der Waals surface area contributed by atoms with Crippen molar-refractivity contribution in [3.8, 4) is 0 Å². The highest BCUT2D eigenvalue weighted by Crippen LogP contribution is 2.60. The number of methoxy groups -OCH3 is 1. The molecule has 0 aliphatic heterocycles. The van der Waals surface area contributed by atoms with Gasteiger partial charge in [-0.2, -0.15) is 0 Å². The van der Waals surface area contributed by atoms with Crippen LogP contribution in [0.2, 0.25) is 0 Å². The molecule has 108 valence electrons. The summed E-state index contributed by atoms with van der Waals surface area (Å²) in [4.78, 5) is 12.3. The minimum absolute atomic E-state index is 0.0144. The molecule has 0 aromatic rings. The summed E-state index contributed by atoms with van der Waals surface area (Å²) in [5.41, 5.74) is 1.30. The summed E-state index contributed by atoms with van der Waals surface area (Å²) < 4.78 is 11.1. The number of esters is 1. The molecule has 19 heavy (non-hydrogen) atoms. The number of ether oxygens (including phenoxy) is 2. The maximum Gasteiger partial charge on any atom is 0.310 e. The molecule has 3 heteroatoms. The van der Waals surface area contributed by atoms with Gasteiger partial charge in [-0.3, -0.25) is 4.79 Å². The van der Waals surface area contributed by atoms with Gasteiger partial charge < -0.3 is 9.47 Å². The Morgan fingerprint density at radius 2 is 1.84 bits per heavy atom. The lowest BCUT2D eigenvalue weighted by atomic mass is 10.1. The van der Waals surface area contributed by atoms with Gasteiger partial charge in [-0.05, 0) is 44.4 Å². The molecule has 4 atom stereocenters. The monoisotopic (exact) mass is 266 g/mol. The molecule has 0 N–H and O–H groups in total. The molecule has 2 rings (SSSR count). The molecule has 3 nitrogen and oxygen atoms in total. The number of allylic oxidation sites excluding steroid dienone is 2. The van der Waals surface area contributed by atoms with Crippen molar-refractivity contribution >= 4 is 5.97 Å². The van der Waals surface area contributed by atoms with Crippen molar-refractivity contribution in [3.63, 3.8) is 0 Å². The second-order valence-corrected chi connectivity index (χ2v) is 6.75. The summed E-state index contributed by atoms with van der Waals surface area (Å²) in [5.74, 6) is 0.300. The molecule has 0 bridgehead atoms. The van der Waals surface area contributed by atoms with Crippen LogP contribution in [0.5, 0.6) is 0 Å². The minimum Gasteiger partial charge on any atom is -0.459 e. The average Bonchev–Trinajstić information content (AvgIpc) is 2.69. The van der Waals surface area contributed by atoms with Crippen molar-refractivity contribution in [2.45, 2.75) is 59.2 Å². The zero-order valence-corrected chi connectivity index (χ0v) is 12.7.